The summed E-state index contributed by atoms with van der Waals surface area (Å²) in [4.78, 5) is 15.2. The summed E-state index contributed by atoms with van der Waals surface area (Å²) >= 11 is 0. The van der Waals surface area contributed by atoms with E-state index in [9.17, 15) is 4.79 Å². The van der Waals surface area contributed by atoms with Gasteiger partial charge in [-0.2, -0.15) is 5.10 Å². The summed E-state index contributed by atoms with van der Waals surface area (Å²) in [5, 5.41) is 9.69. The van der Waals surface area contributed by atoms with E-state index in [-0.39, 0.29) is 5.91 Å². The molecule has 1 fully saturated rings. The van der Waals surface area contributed by atoms with Gasteiger partial charge in [0.05, 0.1) is 24.2 Å². The second-order valence-electron chi connectivity index (χ2n) is 5.40. The second kappa shape index (κ2) is 5.95. The molecule has 1 aliphatic carbocycles. The Morgan fingerprint density at radius 2 is 2.29 bits per heavy atom. The van der Waals surface area contributed by atoms with E-state index < -0.39 is 0 Å². The van der Waals surface area contributed by atoms with Gasteiger partial charge in [0.2, 0.25) is 5.91 Å². The molecule has 0 unspecified atom stereocenters. The molecule has 6 nitrogen and oxygen atoms in total. The van der Waals surface area contributed by atoms with Crippen molar-refractivity contribution in [2.75, 3.05) is 6.61 Å². The molecule has 110 valence electrons. The average Bonchev–Trinajstić information content (AvgIpc) is 2.95. The number of ether oxygens (including phenoxy) is 1. The molecule has 6 heteroatoms. The van der Waals surface area contributed by atoms with Gasteiger partial charge in [0.25, 0.3) is 0 Å². The van der Waals surface area contributed by atoms with Gasteiger partial charge in [0.15, 0.2) is 0 Å². The number of hydrogen-bond acceptors (Lipinski definition) is 4. The zero-order chi connectivity index (χ0) is 14.7. The number of hydrogen-bond donors (Lipinski definition) is 2. The fraction of sp³-hybridized carbons (Fsp3) is 0.400. The Morgan fingerprint density at radius 1 is 1.43 bits per heavy atom. The molecule has 0 bridgehead atoms. The van der Waals surface area contributed by atoms with Crippen molar-refractivity contribution in [3.05, 3.63) is 30.6 Å². The maximum absolute atomic E-state index is 10.9. The molecule has 3 rings (SSSR count). The first-order valence-corrected chi connectivity index (χ1v) is 7.06. The number of H-pyrrole nitrogens is 1. The summed E-state index contributed by atoms with van der Waals surface area (Å²) in [6.07, 6.45) is 5.39. The van der Waals surface area contributed by atoms with Gasteiger partial charge >= 0.3 is 0 Å². The van der Waals surface area contributed by atoms with Gasteiger partial charge in [0.1, 0.15) is 5.75 Å². The molecule has 0 saturated heterocycles. The quantitative estimate of drug-likeness (QED) is 0.877. The van der Waals surface area contributed by atoms with E-state index in [2.05, 4.69) is 20.5 Å². The molecule has 1 amide bonds. The number of rotatable bonds is 5. The van der Waals surface area contributed by atoms with Crippen molar-refractivity contribution < 1.29 is 9.53 Å². The smallest absolute Gasteiger partial charge is 0.217 e. The lowest BCUT2D eigenvalue weighted by atomic mass is 9.81. The van der Waals surface area contributed by atoms with Crippen LogP contribution in [0.15, 0.2) is 30.6 Å². The van der Waals surface area contributed by atoms with Crippen LogP contribution in [0.2, 0.25) is 0 Å². The Balaban J connectivity index is 1.45. The van der Waals surface area contributed by atoms with E-state index in [1.165, 1.54) is 0 Å². The van der Waals surface area contributed by atoms with Gasteiger partial charge in [-0.3, -0.25) is 14.9 Å². The number of nitrogens with one attached hydrogen (secondary N) is 2. The summed E-state index contributed by atoms with van der Waals surface area (Å²) in [6.45, 7) is 2.22. The predicted octanol–water partition coefficient (Wildman–Crippen LogP) is 1.77. The van der Waals surface area contributed by atoms with E-state index in [0.29, 0.717) is 18.6 Å². The normalized spacial score (nSPS) is 20.6. The predicted molar refractivity (Wildman–Crippen MR) is 77.6 cm³/mol. The van der Waals surface area contributed by atoms with E-state index in [4.69, 9.17) is 4.74 Å². The third kappa shape index (κ3) is 3.39. The first kappa shape index (κ1) is 13.6. The van der Waals surface area contributed by atoms with Gasteiger partial charge in [-0.25, -0.2) is 0 Å². The number of aromatic nitrogens is 3. The molecule has 0 aromatic carbocycles. The molecule has 21 heavy (non-hydrogen) atoms. The highest BCUT2D eigenvalue weighted by Crippen LogP contribution is 2.28. The number of nitrogens with zero attached hydrogens (tertiary/aromatic N) is 2. The van der Waals surface area contributed by atoms with Crippen molar-refractivity contribution in [1.29, 1.82) is 0 Å². The minimum Gasteiger partial charge on any atom is -0.492 e. The first-order chi connectivity index (χ1) is 10.2. The number of amides is 1. The molecule has 0 spiro atoms. The van der Waals surface area contributed by atoms with Crippen LogP contribution < -0.4 is 10.1 Å². The summed E-state index contributed by atoms with van der Waals surface area (Å²) in [5.74, 6) is 1.31. The van der Waals surface area contributed by atoms with Crippen LogP contribution in [0.25, 0.3) is 11.4 Å². The van der Waals surface area contributed by atoms with Gasteiger partial charge in [0, 0.05) is 19.2 Å². The topological polar surface area (TPSA) is 79.9 Å². The molecule has 0 atom stereocenters. The fourth-order valence-corrected chi connectivity index (χ4v) is 2.51. The Kier molecular flexibility index (Phi) is 3.85. The van der Waals surface area contributed by atoms with Crippen LogP contribution in [0.4, 0.5) is 0 Å². The molecular weight excluding hydrogens is 268 g/mol. The van der Waals surface area contributed by atoms with Crippen LogP contribution in [0.1, 0.15) is 19.8 Å². The van der Waals surface area contributed by atoms with E-state index in [1.807, 2.05) is 18.2 Å². The lowest BCUT2D eigenvalue weighted by Crippen LogP contribution is -2.45. The van der Waals surface area contributed by atoms with Crippen LogP contribution in [0, 0.1) is 5.92 Å². The van der Waals surface area contributed by atoms with Crippen molar-refractivity contribution >= 4 is 5.91 Å². The first-order valence-electron chi connectivity index (χ1n) is 7.06. The minimum atomic E-state index is 0.0398. The Hall–Kier alpha value is -2.37. The standard InChI is InChI=1S/C15H18N4O2/c1-10(20)18-12-6-11(7-12)9-21-13-2-3-14(16-8-13)15-4-5-17-19-15/h2-5,8,11-12H,6-7,9H2,1H3,(H,17,19)(H,18,20)/t11-,12-. The molecular formula is C15H18N4O2. The zero-order valence-corrected chi connectivity index (χ0v) is 11.9. The number of carbonyl (C=O) groups is 1. The maximum Gasteiger partial charge on any atom is 0.217 e. The Labute approximate surface area is 122 Å². The molecule has 2 aromatic heterocycles. The van der Waals surface area contributed by atoms with E-state index in [1.54, 1.807) is 19.3 Å². The van der Waals surface area contributed by atoms with Crippen LogP contribution in [0.5, 0.6) is 5.75 Å². The van der Waals surface area contributed by atoms with Gasteiger partial charge in [-0.05, 0) is 37.0 Å². The van der Waals surface area contributed by atoms with Crippen LogP contribution in [-0.2, 0) is 4.79 Å². The minimum absolute atomic E-state index is 0.0398. The highest BCUT2D eigenvalue weighted by molar-refractivity contribution is 5.73. The third-order valence-corrected chi connectivity index (χ3v) is 3.64. The third-order valence-electron chi connectivity index (χ3n) is 3.64. The van der Waals surface area contributed by atoms with Crippen LogP contribution in [-0.4, -0.2) is 33.7 Å². The lowest BCUT2D eigenvalue weighted by Gasteiger charge is -2.35. The molecule has 1 saturated carbocycles. The molecule has 2 N–H and O–H groups in total. The van der Waals surface area contributed by atoms with Gasteiger partial charge in [-0.15, -0.1) is 0 Å². The Bertz CT molecular complexity index is 589. The summed E-state index contributed by atoms with van der Waals surface area (Å²) in [5.41, 5.74) is 1.73. The number of pyridine rings is 1. The molecule has 0 aliphatic heterocycles. The SMILES string of the molecule is CC(=O)N[C@H]1C[C@H](COc2ccc(-c3ccn[nH]3)nc2)C1. The van der Waals surface area contributed by atoms with Gasteiger partial charge < -0.3 is 10.1 Å². The monoisotopic (exact) mass is 286 g/mol. The Morgan fingerprint density at radius 3 is 2.90 bits per heavy atom. The van der Waals surface area contributed by atoms with Crippen LogP contribution >= 0.6 is 0 Å². The zero-order valence-electron chi connectivity index (χ0n) is 11.9. The second-order valence-corrected chi connectivity index (χ2v) is 5.40. The van der Waals surface area contributed by atoms with Crippen molar-refractivity contribution in [1.82, 2.24) is 20.5 Å². The van der Waals surface area contributed by atoms with Crippen LogP contribution in [0.3, 0.4) is 0 Å². The lowest BCUT2D eigenvalue weighted by molar-refractivity contribution is -0.120. The molecule has 0 radical (unpaired) electrons. The fourth-order valence-electron chi connectivity index (χ4n) is 2.51. The highest BCUT2D eigenvalue weighted by Gasteiger charge is 2.29. The highest BCUT2D eigenvalue weighted by atomic mass is 16.5. The molecule has 2 heterocycles. The van der Waals surface area contributed by atoms with E-state index >= 15 is 0 Å². The number of aromatic amines is 1. The number of carbonyl (C=O) groups excluding carboxylic acids is 1. The van der Waals surface area contributed by atoms with Crippen molar-refractivity contribution in [3.63, 3.8) is 0 Å². The average molecular weight is 286 g/mol. The molecule has 2 aromatic rings. The maximum atomic E-state index is 10.9. The summed E-state index contributed by atoms with van der Waals surface area (Å²) in [7, 11) is 0. The molecule has 1 aliphatic rings. The van der Waals surface area contributed by atoms with E-state index in [0.717, 1.165) is 30.0 Å². The van der Waals surface area contributed by atoms with Crippen molar-refractivity contribution in [3.8, 4) is 17.1 Å². The van der Waals surface area contributed by atoms with Crippen molar-refractivity contribution in [2.45, 2.75) is 25.8 Å². The largest absolute Gasteiger partial charge is 0.492 e. The van der Waals surface area contributed by atoms with Gasteiger partial charge in [-0.1, -0.05) is 0 Å². The summed E-state index contributed by atoms with van der Waals surface area (Å²) < 4.78 is 5.73. The van der Waals surface area contributed by atoms with Crippen molar-refractivity contribution in [2.24, 2.45) is 5.92 Å². The summed E-state index contributed by atoms with van der Waals surface area (Å²) in [6, 6.07) is 6.01.